The van der Waals surface area contributed by atoms with E-state index in [2.05, 4.69) is 10.0 Å². The summed E-state index contributed by atoms with van der Waals surface area (Å²) in [5.74, 6) is 0.751. The molecule has 4 rings (SSSR count). The average molecular weight is 559 g/mol. The van der Waals surface area contributed by atoms with Gasteiger partial charge >= 0.3 is 0 Å². The van der Waals surface area contributed by atoms with Gasteiger partial charge in [-0.1, -0.05) is 36.4 Å². The van der Waals surface area contributed by atoms with Gasteiger partial charge in [-0.15, -0.1) is 0 Å². The van der Waals surface area contributed by atoms with E-state index in [1.165, 1.54) is 0 Å². The molecule has 0 spiro atoms. The Bertz CT molecular complexity index is 1560. The zero-order chi connectivity index (χ0) is 28.7. The molecule has 208 valence electrons. The number of aromatic hydroxyl groups is 1. The van der Waals surface area contributed by atoms with E-state index in [0.29, 0.717) is 23.5 Å². The largest absolute Gasteiger partial charge is 0.508 e. The molecule has 0 saturated carbocycles. The van der Waals surface area contributed by atoms with Crippen molar-refractivity contribution in [3.63, 3.8) is 0 Å². The van der Waals surface area contributed by atoms with E-state index >= 15 is 0 Å². The number of carbonyl (C=O) groups is 1. The smallest absolute Gasteiger partial charge is 0.255 e. The predicted molar refractivity (Wildman–Crippen MR) is 161 cm³/mol. The second-order valence-corrected chi connectivity index (χ2v) is 12.1. The summed E-state index contributed by atoms with van der Waals surface area (Å²) < 4.78 is 32.8. The molecule has 0 aliphatic carbocycles. The standard InChI is InChI=1S/C32H34N2O5S/c1-22(2)40(37,38)34-29-8-4-6-24(21-29)7-5-19-39-31-18-15-28(20-23(31)3)33-32(36)27-11-9-25(10-12-27)26-13-16-30(35)17-14-26/h4,6,8-18,20-22,34-35H,5,7,19H2,1-3H3,(H,33,36). The summed E-state index contributed by atoms with van der Waals surface area (Å²) in [6.07, 6.45) is 1.51. The monoisotopic (exact) mass is 558 g/mol. The number of sulfonamides is 1. The molecule has 0 saturated heterocycles. The number of amides is 1. The van der Waals surface area contributed by atoms with Crippen molar-refractivity contribution in [2.75, 3.05) is 16.6 Å². The van der Waals surface area contributed by atoms with Crippen LogP contribution in [0.5, 0.6) is 11.5 Å². The number of hydrogen-bond acceptors (Lipinski definition) is 5. The van der Waals surface area contributed by atoms with Crippen molar-refractivity contribution >= 4 is 27.3 Å². The molecule has 0 atom stereocenters. The Balaban J connectivity index is 1.27. The van der Waals surface area contributed by atoms with E-state index in [4.69, 9.17) is 4.74 Å². The van der Waals surface area contributed by atoms with Crippen LogP contribution in [0.4, 0.5) is 11.4 Å². The fourth-order valence-corrected chi connectivity index (χ4v) is 4.78. The summed E-state index contributed by atoms with van der Waals surface area (Å²) in [5.41, 5.74) is 5.63. The van der Waals surface area contributed by atoms with Crippen LogP contribution in [-0.2, 0) is 16.4 Å². The van der Waals surface area contributed by atoms with Gasteiger partial charge < -0.3 is 15.2 Å². The first-order valence-corrected chi connectivity index (χ1v) is 14.7. The number of hydrogen-bond donors (Lipinski definition) is 3. The van der Waals surface area contributed by atoms with E-state index in [-0.39, 0.29) is 11.7 Å². The van der Waals surface area contributed by atoms with Crippen molar-refractivity contribution in [2.24, 2.45) is 0 Å². The Hall–Kier alpha value is -4.30. The number of benzene rings is 4. The van der Waals surface area contributed by atoms with Gasteiger partial charge in [-0.3, -0.25) is 9.52 Å². The van der Waals surface area contributed by atoms with Gasteiger partial charge in [0.2, 0.25) is 10.0 Å². The Labute approximate surface area is 235 Å². The maximum Gasteiger partial charge on any atom is 0.255 e. The van der Waals surface area contributed by atoms with Gasteiger partial charge in [-0.25, -0.2) is 8.42 Å². The molecule has 0 unspecified atom stereocenters. The number of anilines is 2. The quantitative estimate of drug-likeness (QED) is 0.176. The SMILES string of the molecule is Cc1cc(NC(=O)c2ccc(-c3ccc(O)cc3)cc2)ccc1OCCCc1cccc(NS(=O)(=O)C(C)C)c1. The van der Waals surface area contributed by atoms with Crippen LogP contribution in [0.2, 0.25) is 0 Å². The normalized spacial score (nSPS) is 11.3. The van der Waals surface area contributed by atoms with Gasteiger partial charge in [0.05, 0.1) is 11.9 Å². The molecule has 0 heterocycles. The highest BCUT2D eigenvalue weighted by molar-refractivity contribution is 7.93. The molecule has 4 aromatic rings. The summed E-state index contributed by atoms with van der Waals surface area (Å²) in [4.78, 5) is 12.8. The van der Waals surface area contributed by atoms with Gasteiger partial charge in [0.15, 0.2) is 0 Å². The molecule has 8 heteroatoms. The molecule has 0 radical (unpaired) electrons. The van der Waals surface area contributed by atoms with Gasteiger partial charge in [0.1, 0.15) is 11.5 Å². The zero-order valence-corrected chi connectivity index (χ0v) is 23.7. The summed E-state index contributed by atoms with van der Waals surface area (Å²) in [7, 11) is -3.38. The predicted octanol–water partition coefficient (Wildman–Crippen LogP) is 6.78. The Morgan fingerprint density at radius 1 is 0.875 bits per heavy atom. The minimum atomic E-state index is -3.38. The minimum absolute atomic E-state index is 0.205. The lowest BCUT2D eigenvalue weighted by atomic mass is 10.0. The number of rotatable bonds is 11. The van der Waals surface area contributed by atoms with Crippen molar-refractivity contribution in [3.05, 3.63) is 108 Å². The van der Waals surface area contributed by atoms with Crippen LogP contribution in [0.15, 0.2) is 91.0 Å². The number of ether oxygens (including phenoxy) is 1. The van der Waals surface area contributed by atoms with E-state index in [0.717, 1.165) is 40.8 Å². The fourth-order valence-electron chi connectivity index (χ4n) is 4.09. The molecule has 4 aromatic carbocycles. The highest BCUT2D eigenvalue weighted by atomic mass is 32.2. The fraction of sp³-hybridized carbons (Fsp3) is 0.219. The van der Waals surface area contributed by atoms with Crippen LogP contribution in [0.1, 0.15) is 41.8 Å². The highest BCUT2D eigenvalue weighted by Gasteiger charge is 2.15. The number of carbonyl (C=O) groups excluding carboxylic acids is 1. The van der Waals surface area contributed by atoms with Crippen molar-refractivity contribution < 1.29 is 23.1 Å². The highest BCUT2D eigenvalue weighted by Crippen LogP contribution is 2.25. The lowest BCUT2D eigenvalue weighted by Gasteiger charge is -2.13. The summed E-state index contributed by atoms with van der Waals surface area (Å²) in [5, 5.41) is 11.9. The molecule has 40 heavy (non-hydrogen) atoms. The maximum atomic E-state index is 12.8. The third-order valence-corrected chi connectivity index (χ3v) is 8.22. The second-order valence-electron chi connectivity index (χ2n) is 9.91. The molecular weight excluding hydrogens is 524 g/mol. The van der Waals surface area contributed by atoms with Crippen LogP contribution in [0.25, 0.3) is 11.1 Å². The molecule has 0 bridgehead atoms. The molecule has 0 aromatic heterocycles. The second kappa shape index (κ2) is 12.7. The molecule has 7 nitrogen and oxygen atoms in total. The first-order chi connectivity index (χ1) is 19.1. The van der Waals surface area contributed by atoms with Crippen LogP contribution < -0.4 is 14.8 Å². The Morgan fingerprint density at radius 2 is 1.55 bits per heavy atom. The summed E-state index contributed by atoms with van der Waals surface area (Å²) in [6.45, 7) is 5.72. The molecule has 3 N–H and O–H groups in total. The zero-order valence-electron chi connectivity index (χ0n) is 22.8. The van der Waals surface area contributed by atoms with E-state index in [9.17, 15) is 18.3 Å². The van der Waals surface area contributed by atoms with Crippen molar-refractivity contribution in [1.29, 1.82) is 0 Å². The van der Waals surface area contributed by atoms with Gasteiger partial charge in [0, 0.05) is 16.9 Å². The third-order valence-electron chi connectivity index (χ3n) is 6.46. The lowest BCUT2D eigenvalue weighted by molar-refractivity contribution is 0.102. The van der Waals surface area contributed by atoms with Crippen molar-refractivity contribution in [2.45, 2.75) is 38.9 Å². The van der Waals surface area contributed by atoms with Crippen LogP contribution in [0.3, 0.4) is 0 Å². The maximum absolute atomic E-state index is 12.8. The number of phenols is 1. The number of phenolic OH excluding ortho intramolecular Hbond substituents is 1. The first-order valence-electron chi connectivity index (χ1n) is 13.2. The Kier molecular flexibility index (Phi) is 9.11. The topological polar surface area (TPSA) is 105 Å². The van der Waals surface area contributed by atoms with Crippen molar-refractivity contribution in [3.8, 4) is 22.6 Å². The molecule has 0 aliphatic heterocycles. The van der Waals surface area contributed by atoms with Gasteiger partial charge in [0.25, 0.3) is 5.91 Å². The van der Waals surface area contributed by atoms with E-state index in [1.807, 2.05) is 67.6 Å². The molecular formula is C32H34N2O5S. The number of nitrogens with one attached hydrogen (secondary N) is 2. The van der Waals surface area contributed by atoms with Gasteiger partial charge in [-0.2, -0.15) is 0 Å². The molecule has 1 amide bonds. The lowest BCUT2D eigenvalue weighted by Crippen LogP contribution is -2.22. The summed E-state index contributed by atoms with van der Waals surface area (Å²) in [6, 6.07) is 27.2. The minimum Gasteiger partial charge on any atom is -0.508 e. The first kappa shape index (κ1) is 28.7. The van der Waals surface area contributed by atoms with Gasteiger partial charge in [-0.05, 0) is 110 Å². The average Bonchev–Trinajstić information content (AvgIpc) is 2.92. The van der Waals surface area contributed by atoms with Crippen LogP contribution in [-0.4, -0.2) is 31.3 Å². The summed E-state index contributed by atoms with van der Waals surface area (Å²) >= 11 is 0. The third kappa shape index (κ3) is 7.64. The van der Waals surface area contributed by atoms with E-state index < -0.39 is 15.3 Å². The number of aryl methyl sites for hydroxylation is 2. The van der Waals surface area contributed by atoms with Crippen LogP contribution in [0, 0.1) is 6.92 Å². The molecule has 0 fully saturated rings. The van der Waals surface area contributed by atoms with Crippen LogP contribution >= 0.6 is 0 Å². The Morgan fingerprint density at radius 3 is 2.20 bits per heavy atom. The molecule has 0 aliphatic rings. The van der Waals surface area contributed by atoms with E-state index in [1.54, 1.807) is 44.2 Å². The van der Waals surface area contributed by atoms with Crippen molar-refractivity contribution in [1.82, 2.24) is 0 Å².